The SMILES string of the molecule is CCc1ccc(-c2nc3cc(NC(=O)c4ccc(OC)c([N+](=O)[O-])c4)ccc3o2)cc1. The Morgan fingerprint density at radius 2 is 1.90 bits per heavy atom. The van der Waals surface area contributed by atoms with E-state index in [1.54, 1.807) is 18.2 Å². The number of nitrogens with one attached hydrogen (secondary N) is 1. The van der Waals surface area contributed by atoms with Gasteiger partial charge in [0.25, 0.3) is 5.91 Å². The summed E-state index contributed by atoms with van der Waals surface area (Å²) in [4.78, 5) is 27.7. The molecule has 0 bridgehead atoms. The number of hydrogen-bond acceptors (Lipinski definition) is 6. The normalized spacial score (nSPS) is 10.8. The lowest BCUT2D eigenvalue weighted by atomic mass is 10.1. The molecule has 0 radical (unpaired) electrons. The molecule has 0 aliphatic carbocycles. The zero-order chi connectivity index (χ0) is 22.0. The van der Waals surface area contributed by atoms with Gasteiger partial charge in [0.2, 0.25) is 5.89 Å². The van der Waals surface area contributed by atoms with E-state index < -0.39 is 10.8 Å². The summed E-state index contributed by atoms with van der Waals surface area (Å²) in [6.07, 6.45) is 0.953. The second-order valence-corrected chi connectivity index (χ2v) is 6.85. The van der Waals surface area contributed by atoms with E-state index in [0.29, 0.717) is 22.7 Å². The molecule has 3 aromatic carbocycles. The number of nitro groups is 1. The fraction of sp³-hybridized carbons (Fsp3) is 0.130. The molecule has 0 saturated heterocycles. The maximum absolute atomic E-state index is 12.6. The number of aryl methyl sites for hydroxylation is 1. The first kappa shape index (κ1) is 20.1. The van der Waals surface area contributed by atoms with Gasteiger partial charge in [-0.05, 0) is 54.4 Å². The number of rotatable bonds is 6. The van der Waals surface area contributed by atoms with Crippen LogP contribution in [0.4, 0.5) is 11.4 Å². The summed E-state index contributed by atoms with van der Waals surface area (Å²) in [5, 5.41) is 13.9. The average molecular weight is 417 g/mol. The molecule has 0 unspecified atom stereocenters. The van der Waals surface area contributed by atoms with Crippen molar-refractivity contribution in [1.82, 2.24) is 4.98 Å². The summed E-state index contributed by atoms with van der Waals surface area (Å²) in [5.74, 6) is 0.0981. The molecule has 4 rings (SSSR count). The van der Waals surface area contributed by atoms with Crippen molar-refractivity contribution >= 4 is 28.4 Å². The molecule has 0 fully saturated rings. The number of carbonyl (C=O) groups is 1. The van der Waals surface area contributed by atoms with E-state index in [-0.39, 0.29) is 17.0 Å². The standard InChI is InChI=1S/C23H19N3O5/c1-3-14-4-6-15(7-5-14)23-25-18-13-17(9-11-20(18)31-23)24-22(27)16-8-10-21(30-2)19(12-16)26(28)29/h4-13H,3H2,1-2H3,(H,24,27). The third-order valence-corrected chi connectivity index (χ3v) is 4.89. The Bertz CT molecular complexity index is 1280. The van der Waals surface area contributed by atoms with Crippen molar-refractivity contribution in [3.05, 3.63) is 81.9 Å². The topological polar surface area (TPSA) is 108 Å². The highest BCUT2D eigenvalue weighted by Crippen LogP contribution is 2.29. The van der Waals surface area contributed by atoms with Crippen molar-refractivity contribution in [2.45, 2.75) is 13.3 Å². The summed E-state index contributed by atoms with van der Waals surface area (Å²) in [6, 6.07) is 17.1. The van der Waals surface area contributed by atoms with Crippen LogP contribution in [0, 0.1) is 10.1 Å². The molecule has 0 aliphatic rings. The number of amides is 1. The van der Waals surface area contributed by atoms with E-state index in [1.165, 1.54) is 30.9 Å². The van der Waals surface area contributed by atoms with Gasteiger partial charge in [-0.15, -0.1) is 0 Å². The number of methoxy groups -OCH3 is 1. The van der Waals surface area contributed by atoms with Crippen molar-refractivity contribution < 1.29 is 18.9 Å². The summed E-state index contributed by atoms with van der Waals surface area (Å²) in [5.41, 5.74) is 3.64. The molecular formula is C23H19N3O5. The minimum absolute atomic E-state index is 0.0880. The monoisotopic (exact) mass is 417 g/mol. The quantitative estimate of drug-likeness (QED) is 0.340. The van der Waals surface area contributed by atoms with Crippen LogP contribution in [0.1, 0.15) is 22.8 Å². The fourth-order valence-corrected chi connectivity index (χ4v) is 3.19. The molecule has 1 N–H and O–H groups in total. The van der Waals surface area contributed by atoms with Gasteiger partial charge >= 0.3 is 5.69 Å². The molecule has 8 nitrogen and oxygen atoms in total. The van der Waals surface area contributed by atoms with Crippen LogP contribution >= 0.6 is 0 Å². The van der Waals surface area contributed by atoms with Gasteiger partial charge in [0.1, 0.15) is 5.52 Å². The van der Waals surface area contributed by atoms with E-state index in [0.717, 1.165) is 12.0 Å². The van der Waals surface area contributed by atoms with Gasteiger partial charge in [0, 0.05) is 22.9 Å². The third kappa shape index (κ3) is 4.09. The molecule has 1 heterocycles. The molecule has 31 heavy (non-hydrogen) atoms. The third-order valence-electron chi connectivity index (χ3n) is 4.89. The molecule has 1 aromatic heterocycles. The molecule has 4 aromatic rings. The smallest absolute Gasteiger partial charge is 0.311 e. The van der Waals surface area contributed by atoms with Crippen LogP contribution in [-0.2, 0) is 6.42 Å². The molecule has 0 aliphatic heterocycles. The van der Waals surface area contributed by atoms with Crippen molar-refractivity contribution in [2.75, 3.05) is 12.4 Å². The number of nitro benzene ring substituents is 1. The number of anilines is 1. The van der Waals surface area contributed by atoms with Crippen molar-refractivity contribution in [3.63, 3.8) is 0 Å². The lowest BCUT2D eigenvalue weighted by Gasteiger charge is -2.06. The van der Waals surface area contributed by atoms with Crippen LogP contribution in [0.15, 0.2) is 65.1 Å². The number of nitrogens with zero attached hydrogens (tertiary/aromatic N) is 2. The van der Waals surface area contributed by atoms with E-state index in [2.05, 4.69) is 17.2 Å². The number of fused-ring (bicyclic) bond motifs is 1. The Morgan fingerprint density at radius 1 is 1.13 bits per heavy atom. The van der Waals surface area contributed by atoms with Crippen LogP contribution in [0.5, 0.6) is 5.75 Å². The Balaban J connectivity index is 1.58. The van der Waals surface area contributed by atoms with E-state index in [9.17, 15) is 14.9 Å². The molecular weight excluding hydrogens is 398 g/mol. The van der Waals surface area contributed by atoms with Gasteiger partial charge in [-0.3, -0.25) is 14.9 Å². The minimum Gasteiger partial charge on any atom is -0.490 e. The highest BCUT2D eigenvalue weighted by atomic mass is 16.6. The van der Waals surface area contributed by atoms with Gasteiger partial charge in [-0.25, -0.2) is 4.98 Å². The lowest BCUT2D eigenvalue weighted by Crippen LogP contribution is -2.12. The zero-order valence-electron chi connectivity index (χ0n) is 16.9. The molecule has 0 spiro atoms. The van der Waals surface area contributed by atoms with Crippen LogP contribution in [0.3, 0.4) is 0 Å². The second kappa shape index (κ2) is 8.27. The second-order valence-electron chi connectivity index (χ2n) is 6.85. The summed E-state index contributed by atoms with van der Waals surface area (Å²) >= 11 is 0. The zero-order valence-corrected chi connectivity index (χ0v) is 16.9. The van der Waals surface area contributed by atoms with Crippen LogP contribution in [0.2, 0.25) is 0 Å². The molecule has 156 valence electrons. The van der Waals surface area contributed by atoms with Crippen molar-refractivity contribution in [1.29, 1.82) is 0 Å². The summed E-state index contributed by atoms with van der Waals surface area (Å²) in [7, 11) is 1.33. The Kier molecular flexibility index (Phi) is 5.36. The van der Waals surface area contributed by atoms with Crippen LogP contribution in [0.25, 0.3) is 22.6 Å². The summed E-state index contributed by atoms with van der Waals surface area (Å²) in [6.45, 7) is 2.09. The maximum Gasteiger partial charge on any atom is 0.311 e. The first-order valence-electron chi connectivity index (χ1n) is 9.62. The average Bonchev–Trinajstić information content (AvgIpc) is 3.22. The predicted octanol–water partition coefficient (Wildman–Crippen LogP) is 5.23. The Hall–Kier alpha value is -4.20. The maximum atomic E-state index is 12.6. The largest absolute Gasteiger partial charge is 0.490 e. The number of aromatic nitrogens is 1. The number of ether oxygens (including phenoxy) is 1. The molecule has 1 amide bonds. The first-order valence-corrected chi connectivity index (χ1v) is 9.62. The van der Waals surface area contributed by atoms with Crippen molar-refractivity contribution in [3.8, 4) is 17.2 Å². The molecule has 0 saturated carbocycles. The molecule has 0 atom stereocenters. The Labute approximate surface area is 177 Å². The number of benzene rings is 3. The van der Waals surface area contributed by atoms with Crippen LogP contribution in [-0.4, -0.2) is 22.9 Å². The van der Waals surface area contributed by atoms with E-state index in [1.807, 2.05) is 24.3 Å². The van der Waals surface area contributed by atoms with Gasteiger partial charge in [-0.2, -0.15) is 0 Å². The summed E-state index contributed by atoms with van der Waals surface area (Å²) < 4.78 is 10.8. The lowest BCUT2D eigenvalue weighted by molar-refractivity contribution is -0.385. The van der Waals surface area contributed by atoms with E-state index >= 15 is 0 Å². The van der Waals surface area contributed by atoms with Gasteiger partial charge in [-0.1, -0.05) is 19.1 Å². The minimum atomic E-state index is -0.592. The van der Waals surface area contributed by atoms with Gasteiger partial charge in [0.15, 0.2) is 11.3 Å². The highest BCUT2D eigenvalue weighted by molar-refractivity contribution is 6.05. The van der Waals surface area contributed by atoms with Crippen molar-refractivity contribution in [2.24, 2.45) is 0 Å². The number of hydrogen-bond donors (Lipinski definition) is 1. The van der Waals surface area contributed by atoms with Gasteiger partial charge < -0.3 is 14.5 Å². The van der Waals surface area contributed by atoms with Gasteiger partial charge in [0.05, 0.1) is 12.0 Å². The van der Waals surface area contributed by atoms with Crippen LogP contribution < -0.4 is 10.1 Å². The highest BCUT2D eigenvalue weighted by Gasteiger charge is 2.18. The Morgan fingerprint density at radius 3 is 2.58 bits per heavy atom. The molecule has 8 heteroatoms. The van der Waals surface area contributed by atoms with E-state index in [4.69, 9.17) is 9.15 Å². The predicted molar refractivity (Wildman–Crippen MR) is 116 cm³/mol. The fourth-order valence-electron chi connectivity index (χ4n) is 3.19. The first-order chi connectivity index (χ1) is 15.0. The number of oxazole rings is 1. The number of carbonyl (C=O) groups excluding carboxylic acids is 1.